The average Bonchev–Trinajstić information content (AvgIpc) is 2.47. The Morgan fingerprint density at radius 2 is 1.73 bits per heavy atom. The Morgan fingerprint density at radius 3 is 2.36 bits per heavy atom. The van der Waals surface area contributed by atoms with E-state index in [1.165, 1.54) is 6.92 Å². The lowest BCUT2D eigenvalue weighted by Crippen LogP contribution is -2.34. The molecule has 0 saturated carbocycles. The van der Waals surface area contributed by atoms with Gasteiger partial charge in [0.25, 0.3) is 5.91 Å². The molecule has 0 heterocycles. The first kappa shape index (κ1) is 16.1. The van der Waals surface area contributed by atoms with Gasteiger partial charge in [0.15, 0.2) is 10.9 Å². The summed E-state index contributed by atoms with van der Waals surface area (Å²) in [5.74, 6) is -0.378. The fourth-order valence-electron chi connectivity index (χ4n) is 1.75. The zero-order chi connectivity index (χ0) is 16.1. The Kier molecular flexibility index (Phi) is 5.25. The van der Waals surface area contributed by atoms with Crippen molar-refractivity contribution in [3.8, 4) is 0 Å². The van der Waals surface area contributed by atoms with Crippen LogP contribution in [0.5, 0.6) is 0 Å². The van der Waals surface area contributed by atoms with E-state index < -0.39 is 0 Å². The molecule has 0 aromatic heterocycles. The molecule has 0 atom stereocenters. The average molecular weight is 333 g/mol. The number of amides is 1. The van der Waals surface area contributed by atoms with Crippen LogP contribution in [0.2, 0.25) is 5.02 Å². The molecule has 0 aliphatic rings. The van der Waals surface area contributed by atoms with Gasteiger partial charge in [-0.15, -0.1) is 0 Å². The molecular weight excluding hydrogens is 320 g/mol. The number of carbonyl (C=O) groups excluding carboxylic acids is 2. The van der Waals surface area contributed by atoms with Gasteiger partial charge < -0.3 is 5.32 Å². The predicted octanol–water partition coefficient (Wildman–Crippen LogP) is 3.67. The van der Waals surface area contributed by atoms with E-state index in [-0.39, 0.29) is 16.8 Å². The van der Waals surface area contributed by atoms with Crippen molar-refractivity contribution in [2.75, 3.05) is 5.32 Å². The molecule has 2 aromatic carbocycles. The summed E-state index contributed by atoms with van der Waals surface area (Å²) in [5.41, 5.74) is 1.65. The summed E-state index contributed by atoms with van der Waals surface area (Å²) in [6.07, 6.45) is 0. The van der Waals surface area contributed by atoms with Gasteiger partial charge in [-0.1, -0.05) is 23.7 Å². The lowest BCUT2D eigenvalue weighted by Gasteiger charge is -2.10. The lowest BCUT2D eigenvalue weighted by molar-refractivity contribution is 0.0976. The van der Waals surface area contributed by atoms with Crippen LogP contribution in [0.1, 0.15) is 27.6 Å². The Hall–Kier alpha value is -2.24. The number of rotatable bonds is 3. The van der Waals surface area contributed by atoms with Gasteiger partial charge in [0, 0.05) is 21.8 Å². The van der Waals surface area contributed by atoms with Crippen molar-refractivity contribution in [2.24, 2.45) is 0 Å². The molecule has 1 amide bonds. The summed E-state index contributed by atoms with van der Waals surface area (Å²) in [6, 6.07) is 13.3. The smallest absolute Gasteiger partial charge is 0.257 e. The van der Waals surface area contributed by atoms with Crippen LogP contribution in [0, 0.1) is 0 Å². The van der Waals surface area contributed by atoms with Gasteiger partial charge in [-0.25, -0.2) is 0 Å². The molecule has 6 heteroatoms. The molecule has 0 aliphatic heterocycles. The van der Waals surface area contributed by atoms with Gasteiger partial charge in [0.05, 0.1) is 0 Å². The molecule has 0 spiro atoms. The fraction of sp³-hybridized carbons (Fsp3) is 0.0625. The summed E-state index contributed by atoms with van der Waals surface area (Å²) in [4.78, 5) is 23.3. The number of hydrogen-bond acceptors (Lipinski definition) is 3. The second kappa shape index (κ2) is 7.15. The first-order chi connectivity index (χ1) is 10.5. The number of ketones is 1. The predicted molar refractivity (Wildman–Crippen MR) is 91.6 cm³/mol. The number of halogens is 1. The molecule has 4 nitrogen and oxygen atoms in total. The molecule has 22 heavy (non-hydrogen) atoms. The van der Waals surface area contributed by atoms with Crippen LogP contribution in [-0.2, 0) is 0 Å². The molecule has 0 bridgehead atoms. The molecule has 0 unspecified atom stereocenters. The van der Waals surface area contributed by atoms with Crippen LogP contribution in [-0.4, -0.2) is 16.8 Å². The van der Waals surface area contributed by atoms with Gasteiger partial charge in [0.1, 0.15) is 0 Å². The molecule has 0 aliphatic carbocycles. The Labute approximate surface area is 138 Å². The van der Waals surface area contributed by atoms with Crippen molar-refractivity contribution in [3.05, 3.63) is 64.7 Å². The van der Waals surface area contributed by atoms with Gasteiger partial charge in [-0.2, -0.15) is 0 Å². The Morgan fingerprint density at radius 1 is 1.05 bits per heavy atom. The van der Waals surface area contributed by atoms with E-state index in [4.69, 9.17) is 23.8 Å². The topological polar surface area (TPSA) is 58.2 Å². The molecular formula is C16H13ClN2O2S. The number of nitrogens with one attached hydrogen (secondary N) is 2. The van der Waals surface area contributed by atoms with Crippen LogP contribution in [0.15, 0.2) is 48.5 Å². The number of thiocarbonyl (C=S) groups is 1. The lowest BCUT2D eigenvalue weighted by atomic mass is 10.1. The largest absolute Gasteiger partial charge is 0.332 e. The summed E-state index contributed by atoms with van der Waals surface area (Å²) >= 11 is 10.9. The van der Waals surface area contributed by atoms with Crippen molar-refractivity contribution in [2.45, 2.75) is 6.92 Å². The monoisotopic (exact) mass is 332 g/mol. The summed E-state index contributed by atoms with van der Waals surface area (Å²) in [7, 11) is 0. The highest BCUT2D eigenvalue weighted by Crippen LogP contribution is 2.12. The van der Waals surface area contributed by atoms with E-state index in [1.54, 1.807) is 48.5 Å². The molecule has 0 fully saturated rings. The van der Waals surface area contributed by atoms with Crippen molar-refractivity contribution >= 4 is 46.3 Å². The third-order valence-electron chi connectivity index (χ3n) is 2.86. The van der Waals surface area contributed by atoms with Gasteiger partial charge in [-0.05, 0) is 55.5 Å². The molecule has 2 N–H and O–H groups in total. The zero-order valence-corrected chi connectivity index (χ0v) is 13.3. The number of Topliss-reactive ketones (excluding diaryl/α,β-unsaturated/α-hetero) is 1. The van der Waals surface area contributed by atoms with Gasteiger partial charge in [0.2, 0.25) is 0 Å². The minimum Gasteiger partial charge on any atom is -0.332 e. The summed E-state index contributed by atoms with van der Waals surface area (Å²) in [5, 5.41) is 6.14. The number of hydrogen-bond donors (Lipinski definition) is 2. The molecule has 2 aromatic rings. The van der Waals surface area contributed by atoms with E-state index in [2.05, 4.69) is 10.6 Å². The third kappa shape index (κ3) is 4.38. The Bertz CT molecular complexity index is 729. The first-order valence-corrected chi connectivity index (χ1v) is 7.23. The third-order valence-corrected chi connectivity index (χ3v) is 3.32. The summed E-state index contributed by atoms with van der Waals surface area (Å²) in [6.45, 7) is 1.49. The number of benzene rings is 2. The first-order valence-electron chi connectivity index (χ1n) is 6.44. The molecule has 112 valence electrons. The molecule has 0 saturated heterocycles. The number of carbonyl (C=O) groups is 2. The van der Waals surface area contributed by atoms with Crippen LogP contribution < -0.4 is 10.6 Å². The van der Waals surface area contributed by atoms with Crippen LogP contribution in [0.3, 0.4) is 0 Å². The van der Waals surface area contributed by atoms with Crippen LogP contribution in [0.4, 0.5) is 5.69 Å². The zero-order valence-electron chi connectivity index (χ0n) is 11.7. The van der Waals surface area contributed by atoms with E-state index in [0.717, 1.165) is 0 Å². The van der Waals surface area contributed by atoms with E-state index in [9.17, 15) is 9.59 Å². The molecule has 0 radical (unpaired) electrons. The van der Waals surface area contributed by atoms with Crippen LogP contribution >= 0.6 is 23.8 Å². The van der Waals surface area contributed by atoms with Gasteiger partial charge in [-0.3, -0.25) is 14.9 Å². The minimum absolute atomic E-state index is 0.0419. The molecule has 2 rings (SSSR count). The highest BCUT2D eigenvalue weighted by Gasteiger charge is 2.08. The van der Waals surface area contributed by atoms with Gasteiger partial charge >= 0.3 is 0 Å². The van der Waals surface area contributed by atoms with Crippen molar-refractivity contribution in [3.63, 3.8) is 0 Å². The maximum absolute atomic E-state index is 12.0. The van der Waals surface area contributed by atoms with Crippen LogP contribution in [0.25, 0.3) is 0 Å². The SMILES string of the molecule is CC(=O)c1cccc(NC(=S)NC(=O)c2ccc(Cl)cc2)c1. The van der Waals surface area contributed by atoms with Crippen molar-refractivity contribution in [1.29, 1.82) is 0 Å². The minimum atomic E-state index is -0.336. The fourth-order valence-corrected chi connectivity index (χ4v) is 2.09. The maximum Gasteiger partial charge on any atom is 0.257 e. The van der Waals surface area contributed by atoms with E-state index in [1.807, 2.05) is 0 Å². The maximum atomic E-state index is 12.0. The summed E-state index contributed by atoms with van der Waals surface area (Å²) < 4.78 is 0. The Balaban J connectivity index is 2.01. The highest BCUT2D eigenvalue weighted by molar-refractivity contribution is 7.80. The standard InChI is InChI=1S/C16H13ClN2O2S/c1-10(20)12-3-2-4-14(9-12)18-16(22)19-15(21)11-5-7-13(17)8-6-11/h2-9H,1H3,(H2,18,19,21,22). The normalized spacial score (nSPS) is 9.91. The highest BCUT2D eigenvalue weighted by atomic mass is 35.5. The number of anilines is 1. The second-order valence-electron chi connectivity index (χ2n) is 4.55. The van der Waals surface area contributed by atoms with Crippen molar-refractivity contribution in [1.82, 2.24) is 5.32 Å². The quantitative estimate of drug-likeness (QED) is 0.665. The van der Waals surface area contributed by atoms with Crippen molar-refractivity contribution < 1.29 is 9.59 Å². The second-order valence-corrected chi connectivity index (χ2v) is 5.40. The van der Waals surface area contributed by atoms with E-state index >= 15 is 0 Å². The van der Waals surface area contributed by atoms with E-state index in [0.29, 0.717) is 21.8 Å².